The number of benzene rings is 1. The van der Waals surface area contributed by atoms with Gasteiger partial charge >= 0.3 is 0 Å². The standard InChI is InChI=1S/C15H18FN3O/c1-3-12-13(16)14(18-10-17-12)19-15(2,9-20)11-7-5-4-6-8-11/h4-8,10,20H,3,9H2,1-2H3,(H,17,18,19). The highest BCUT2D eigenvalue weighted by Crippen LogP contribution is 2.26. The van der Waals surface area contributed by atoms with Crippen LogP contribution in [0.15, 0.2) is 36.7 Å². The summed E-state index contributed by atoms with van der Waals surface area (Å²) in [6.45, 7) is 3.45. The van der Waals surface area contributed by atoms with Crippen LogP contribution in [-0.4, -0.2) is 21.7 Å². The van der Waals surface area contributed by atoms with Crippen molar-refractivity contribution < 1.29 is 9.50 Å². The van der Waals surface area contributed by atoms with Crippen molar-refractivity contribution in [1.29, 1.82) is 0 Å². The molecule has 1 aromatic heterocycles. The van der Waals surface area contributed by atoms with Crippen LogP contribution in [0.3, 0.4) is 0 Å². The van der Waals surface area contributed by atoms with Gasteiger partial charge in [-0.15, -0.1) is 0 Å². The van der Waals surface area contributed by atoms with E-state index >= 15 is 0 Å². The average molecular weight is 275 g/mol. The number of aliphatic hydroxyl groups is 1. The number of hydrogen-bond acceptors (Lipinski definition) is 4. The van der Waals surface area contributed by atoms with E-state index in [0.717, 1.165) is 5.56 Å². The van der Waals surface area contributed by atoms with Gasteiger partial charge in [-0.3, -0.25) is 0 Å². The predicted octanol–water partition coefficient (Wildman–Crippen LogP) is 2.50. The SMILES string of the molecule is CCc1ncnc(NC(C)(CO)c2ccccc2)c1F. The van der Waals surface area contributed by atoms with Gasteiger partial charge in [0.1, 0.15) is 6.33 Å². The second-order valence-corrected chi connectivity index (χ2v) is 4.82. The third-order valence-corrected chi connectivity index (χ3v) is 3.32. The van der Waals surface area contributed by atoms with E-state index in [4.69, 9.17) is 0 Å². The van der Waals surface area contributed by atoms with Crippen molar-refractivity contribution in [2.45, 2.75) is 25.8 Å². The van der Waals surface area contributed by atoms with Crippen molar-refractivity contribution >= 4 is 5.82 Å². The highest BCUT2D eigenvalue weighted by Gasteiger charge is 2.27. The summed E-state index contributed by atoms with van der Waals surface area (Å²) in [5.74, 6) is -0.358. The monoisotopic (exact) mass is 275 g/mol. The number of hydrogen-bond donors (Lipinski definition) is 2. The van der Waals surface area contributed by atoms with Gasteiger partial charge in [0.15, 0.2) is 11.6 Å². The molecule has 0 saturated heterocycles. The van der Waals surface area contributed by atoms with Gasteiger partial charge < -0.3 is 10.4 Å². The molecule has 0 spiro atoms. The molecule has 0 aliphatic heterocycles. The summed E-state index contributed by atoms with van der Waals surface area (Å²) in [6, 6.07) is 9.39. The number of rotatable bonds is 5. The summed E-state index contributed by atoms with van der Waals surface area (Å²) < 4.78 is 14.2. The number of nitrogens with one attached hydrogen (secondary N) is 1. The van der Waals surface area contributed by atoms with Crippen LogP contribution in [0.5, 0.6) is 0 Å². The Balaban J connectivity index is 2.36. The first kappa shape index (κ1) is 14.4. The first-order valence-corrected chi connectivity index (χ1v) is 6.54. The fourth-order valence-electron chi connectivity index (χ4n) is 2.01. The number of nitrogens with zero attached hydrogens (tertiary/aromatic N) is 2. The van der Waals surface area contributed by atoms with Crippen LogP contribution < -0.4 is 5.32 Å². The van der Waals surface area contributed by atoms with E-state index in [1.54, 1.807) is 6.92 Å². The smallest absolute Gasteiger partial charge is 0.186 e. The maximum atomic E-state index is 14.2. The normalized spacial score (nSPS) is 13.8. The summed E-state index contributed by atoms with van der Waals surface area (Å²) in [4.78, 5) is 7.83. The van der Waals surface area contributed by atoms with Crippen LogP contribution in [0.2, 0.25) is 0 Å². The van der Waals surface area contributed by atoms with Gasteiger partial charge in [-0.25, -0.2) is 14.4 Å². The number of anilines is 1. The van der Waals surface area contributed by atoms with E-state index in [-0.39, 0.29) is 12.4 Å². The predicted molar refractivity (Wildman–Crippen MR) is 75.9 cm³/mol. The molecule has 0 saturated carbocycles. The molecule has 106 valence electrons. The Morgan fingerprint density at radius 3 is 2.55 bits per heavy atom. The highest BCUT2D eigenvalue weighted by atomic mass is 19.1. The molecule has 0 amide bonds. The molecule has 2 rings (SSSR count). The molecule has 0 aliphatic rings. The van der Waals surface area contributed by atoms with E-state index in [9.17, 15) is 9.50 Å². The number of aliphatic hydroxyl groups excluding tert-OH is 1. The van der Waals surface area contributed by atoms with E-state index in [1.165, 1.54) is 6.33 Å². The Kier molecular flexibility index (Phi) is 4.29. The molecule has 2 aromatic rings. The lowest BCUT2D eigenvalue weighted by atomic mass is 9.93. The van der Waals surface area contributed by atoms with Crippen LogP contribution in [0.1, 0.15) is 25.1 Å². The number of halogens is 1. The zero-order valence-electron chi connectivity index (χ0n) is 11.6. The van der Waals surface area contributed by atoms with E-state index in [0.29, 0.717) is 12.1 Å². The summed E-state index contributed by atoms with van der Waals surface area (Å²) >= 11 is 0. The molecule has 1 atom stereocenters. The quantitative estimate of drug-likeness (QED) is 0.880. The van der Waals surface area contributed by atoms with Crippen molar-refractivity contribution in [3.8, 4) is 0 Å². The van der Waals surface area contributed by atoms with E-state index in [1.807, 2.05) is 37.3 Å². The fraction of sp³-hybridized carbons (Fsp3) is 0.333. The lowest BCUT2D eigenvalue weighted by molar-refractivity contribution is 0.223. The fourth-order valence-corrected chi connectivity index (χ4v) is 2.01. The van der Waals surface area contributed by atoms with Crippen LogP contribution in [0.4, 0.5) is 10.2 Å². The molecule has 0 bridgehead atoms. The van der Waals surface area contributed by atoms with Gasteiger partial charge in [-0.05, 0) is 18.9 Å². The molecule has 4 nitrogen and oxygen atoms in total. The molecule has 0 radical (unpaired) electrons. The Morgan fingerprint density at radius 2 is 1.95 bits per heavy atom. The van der Waals surface area contributed by atoms with Gasteiger partial charge in [0, 0.05) is 0 Å². The molecule has 0 aliphatic carbocycles. The molecule has 5 heteroatoms. The summed E-state index contributed by atoms with van der Waals surface area (Å²) in [5, 5.41) is 12.7. The highest BCUT2D eigenvalue weighted by molar-refractivity contribution is 5.43. The van der Waals surface area contributed by atoms with Crippen molar-refractivity contribution in [3.63, 3.8) is 0 Å². The van der Waals surface area contributed by atoms with E-state index in [2.05, 4.69) is 15.3 Å². The first-order chi connectivity index (χ1) is 9.60. The minimum absolute atomic E-state index is 0.109. The minimum atomic E-state index is -0.804. The maximum absolute atomic E-state index is 14.2. The molecule has 2 N–H and O–H groups in total. The van der Waals surface area contributed by atoms with Crippen LogP contribution >= 0.6 is 0 Å². The van der Waals surface area contributed by atoms with Crippen LogP contribution in [0.25, 0.3) is 0 Å². The lowest BCUT2D eigenvalue weighted by Gasteiger charge is -2.30. The Bertz CT molecular complexity index is 577. The molecule has 1 heterocycles. The Morgan fingerprint density at radius 1 is 1.25 bits per heavy atom. The zero-order chi connectivity index (χ0) is 14.6. The average Bonchev–Trinajstić information content (AvgIpc) is 2.50. The first-order valence-electron chi connectivity index (χ1n) is 6.54. The topological polar surface area (TPSA) is 58.0 Å². The summed E-state index contributed by atoms with van der Waals surface area (Å²) in [6.07, 6.45) is 1.82. The second kappa shape index (κ2) is 5.96. The molecule has 0 fully saturated rings. The number of aryl methyl sites for hydroxylation is 1. The minimum Gasteiger partial charge on any atom is -0.394 e. The Labute approximate surface area is 117 Å². The number of aromatic nitrogens is 2. The second-order valence-electron chi connectivity index (χ2n) is 4.82. The van der Waals surface area contributed by atoms with E-state index < -0.39 is 11.4 Å². The van der Waals surface area contributed by atoms with Crippen molar-refractivity contribution in [1.82, 2.24) is 9.97 Å². The largest absolute Gasteiger partial charge is 0.394 e. The van der Waals surface area contributed by atoms with Crippen LogP contribution in [0, 0.1) is 5.82 Å². The molecular weight excluding hydrogens is 257 g/mol. The molecule has 1 aromatic carbocycles. The van der Waals surface area contributed by atoms with Gasteiger partial charge in [-0.1, -0.05) is 37.3 Å². The lowest BCUT2D eigenvalue weighted by Crippen LogP contribution is -2.36. The van der Waals surface area contributed by atoms with Crippen molar-refractivity contribution in [3.05, 3.63) is 53.7 Å². The van der Waals surface area contributed by atoms with Gasteiger partial charge in [0.05, 0.1) is 17.8 Å². The molecular formula is C15H18FN3O. The van der Waals surface area contributed by atoms with Crippen molar-refractivity contribution in [2.24, 2.45) is 0 Å². The summed E-state index contributed by atoms with van der Waals surface area (Å²) in [5.41, 5.74) is 0.413. The molecule has 1 unspecified atom stereocenters. The van der Waals surface area contributed by atoms with Gasteiger partial charge in [0.25, 0.3) is 0 Å². The van der Waals surface area contributed by atoms with Gasteiger partial charge in [0.2, 0.25) is 0 Å². The third kappa shape index (κ3) is 2.77. The summed E-state index contributed by atoms with van der Waals surface area (Å²) in [7, 11) is 0. The Hall–Kier alpha value is -2.01. The third-order valence-electron chi connectivity index (χ3n) is 3.32. The van der Waals surface area contributed by atoms with Gasteiger partial charge in [-0.2, -0.15) is 0 Å². The molecule has 20 heavy (non-hydrogen) atoms. The maximum Gasteiger partial charge on any atom is 0.186 e. The van der Waals surface area contributed by atoms with Crippen LogP contribution in [-0.2, 0) is 12.0 Å². The van der Waals surface area contributed by atoms with Crippen molar-refractivity contribution in [2.75, 3.05) is 11.9 Å². The zero-order valence-corrected chi connectivity index (χ0v) is 11.6.